The summed E-state index contributed by atoms with van der Waals surface area (Å²) in [5.41, 5.74) is 1.83. The summed E-state index contributed by atoms with van der Waals surface area (Å²) in [5, 5.41) is 0. The molecule has 4 heteroatoms. The number of rotatable bonds is 1. The van der Waals surface area contributed by atoms with Crippen LogP contribution in [-0.2, 0) is 34.1 Å². The van der Waals surface area contributed by atoms with Crippen molar-refractivity contribution >= 4 is 0 Å². The Hall–Kier alpha value is -0.661. The molecule has 0 saturated carbocycles. The van der Waals surface area contributed by atoms with Crippen molar-refractivity contribution in [3.05, 3.63) is 48.8 Å². The van der Waals surface area contributed by atoms with E-state index in [1.165, 1.54) is 0 Å². The largest absolute Gasteiger partial charge is 2.00 e. The molecular weight excluding hydrogens is 260 g/mol. The number of pyridine rings is 2. The minimum Gasteiger partial charge on any atom is -0.255 e. The van der Waals surface area contributed by atoms with E-state index in [-0.39, 0.29) is 34.1 Å². The Morgan fingerprint density at radius 1 is 0.643 bits per heavy atom. The third-order valence-electron chi connectivity index (χ3n) is 1.59. The van der Waals surface area contributed by atoms with Crippen molar-refractivity contribution in [3.63, 3.8) is 0 Å². The van der Waals surface area contributed by atoms with E-state index in [0.29, 0.717) is 0 Å². The van der Waals surface area contributed by atoms with Gasteiger partial charge >= 0.3 is 34.1 Å². The van der Waals surface area contributed by atoms with E-state index >= 15 is 0 Å². The van der Waals surface area contributed by atoms with Crippen molar-refractivity contribution < 1.29 is 34.1 Å². The van der Waals surface area contributed by atoms with Crippen LogP contribution in [0.5, 0.6) is 0 Å². The fourth-order valence-electron chi connectivity index (χ4n) is 1.03. The maximum absolute atomic E-state index is 4.19. The predicted octanol–water partition coefficient (Wildman–Crippen LogP) is 2.14. The first-order valence-corrected chi connectivity index (χ1v) is 3.79. The van der Waals surface area contributed by atoms with Gasteiger partial charge in [0.2, 0.25) is 0 Å². The summed E-state index contributed by atoms with van der Waals surface area (Å²) in [6.45, 7) is 0. The van der Waals surface area contributed by atoms with E-state index in [1.54, 1.807) is 12.4 Å². The summed E-state index contributed by atoms with van der Waals surface area (Å²) in [7, 11) is 0. The second kappa shape index (κ2) is 6.74. The van der Waals surface area contributed by atoms with Gasteiger partial charge in [-0.05, 0) is 24.3 Å². The first-order chi connectivity index (χ1) is 5.97. The zero-order chi connectivity index (χ0) is 8.23. The first kappa shape index (κ1) is 13.3. The first-order valence-electron chi connectivity index (χ1n) is 3.79. The van der Waals surface area contributed by atoms with Gasteiger partial charge in [-0.15, -0.1) is 0 Å². The van der Waals surface area contributed by atoms with E-state index in [4.69, 9.17) is 0 Å². The molecule has 2 rings (SSSR count). The fourth-order valence-corrected chi connectivity index (χ4v) is 1.03. The molecule has 2 aromatic heterocycles. The Kier molecular flexibility index (Phi) is 6.42. The predicted molar refractivity (Wildman–Crippen MR) is 47.5 cm³/mol. The van der Waals surface area contributed by atoms with Gasteiger partial charge in [0.25, 0.3) is 0 Å². The second-order valence-electron chi connectivity index (χ2n) is 2.43. The van der Waals surface area contributed by atoms with Crippen LogP contribution in [0.1, 0.15) is 0 Å². The summed E-state index contributed by atoms with van der Waals surface area (Å²) < 4.78 is 0. The van der Waals surface area contributed by atoms with Crippen LogP contribution in [0.3, 0.4) is 0 Å². The van der Waals surface area contributed by atoms with Gasteiger partial charge in [-0.2, -0.15) is 0 Å². The van der Waals surface area contributed by atoms with Gasteiger partial charge in [0.1, 0.15) is 0 Å². The van der Waals surface area contributed by atoms with Crippen LogP contribution < -0.4 is 0 Å². The fraction of sp³-hybridized carbons (Fsp3) is 0. The summed E-state index contributed by atoms with van der Waals surface area (Å²) in [5.74, 6) is 0. The molecule has 0 saturated heterocycles. The molecular formula is C10H8Fe2N2+4. The zero-order valence-electron chi connectivity index (χ0n) is 7.22. The second-order valence-corrected chi connectivity index (χ2v) is 2.43. The van der Waals surface area contributed by atoms with Crippen LogP contribution in [-0.4, -0.2) is 9.97 Å². The SMILES string of the molecule is [Fe+2].[Fe+2].c1ccc(-c2ccccn2)nc1. The van der Waals surface area contributed by atoms with E-state index in [0.717, 1.165) is 11.4 Å². The number of hydrogen-bond donors (Lipinski definition) is 0. The van der Waals surface area contributed by atoms with Gasteiger partial charge in [-0.3, -0.25) is 9.97 Å². The maximum atomic E-state index is 4.19. The maximum Gasteiger partial charge on any atom is 2.00 e. The molecule has 0 aliphatic heterocycles. The molecule has 14 heavy (non-hydrogen) atoms. The number of nitrogens with zero attached hydrogens (tertiary/aromatic N) is 2. The van der Waals surface area contributed by atoms with Crippen molar-refractivity contribution in [1.82, 2.24) is 9.97 Å². The molecule has 0 spiro atoms. The van der Waals surface area contributed by atoms with Gasteiger partial charge in [0.05, 0.1) is 11.4 Å². The molecule has 2 nitrogen and oxygen atoms in total. The van der Waals surface area contributed by atoms with Crippen molar-refractivity contribution in [2.24, 2.45) is 0 Å². The topological polar surface area (TPSA) is 25.8 Å². The molecule has 0 atom stereocenters. The molecule has 0 aliphatic carbocycles. The van der Waals surface area contributed by atoms with Crippen molar-refractivity contribution in [2.75, 3.05) is 0 Å². The van der Waals surface area contributed by atoms with Gasteiger partial charge in [-0.25, -0.2) is 0 Å². The smallest absolute Gasteiger partial charge is 0.255 e. The van der Waals surface area contributed by atoms with E-state index < -0.39 is 0 Å². The van der Waals surface area contributed by atoms with Crippen molar-refractivity contribution in [2.45, 2.75) is 0 Å². The van der Waals surface area contributed by atoms with Gasteiger partial charge in [0, 0.05) is 12.4 Å². The monoisotopic (exact) mass is 268 g/mol. The van der Waals surface area contributed by atoms with E-state index in [9.17, 15) is 0 Å². The summed E-state index contributed by atoms with van der Waals surface area (Å²) in [6, 6.07) is 11.6. The zero-order valence-corrected chi connectivity index (χ0v) is 9.43. The summed E-state index contributed by atoms with van der Waals surface area (Å²) >= 11 is 0. The van der Waals surface area contributed by atoms with Gasteiger partial charge in [-0.1, -0.05) is 12.1 Å². The molecule has 0 amide bonds. The van der Waals surface area contributed by atoms with E-state index in [1.807, 2.05) is 36.4 Å². The Balaban J connectivity index is 0.000000845. The van der Waals surface area contributed by atoms with E-state index in [2.05, 4.69) is 9.97 Å². The molecule has 0 bridgehead atoms. The molecule has 0 radical (unpaired) electrons. The van der Waals surface area contributed by atoms with Gasteiger partial charge < -0.3 is 0 Å². The molecule has 0 aliphatic rings. The van der Waals surface area contributed by atoms with Crippen LogP contribution in [0.2, 0.25) is 0 Å². The molecule has 0 N–H and O–H groups in total. The minimum absolute atomic E-state index is 0. The molecule has 0 aromatic carbocycles. The normalized spacial score (nSPS) is 8.29. The summed E-state index contributed by atoms with van der Waals surface area (Å²) in [4.78, 5) is 8.37. The third kappa shape index (κ3) is 3.24. The van der Waals surface area contributed by atoms with Crippen LogP contribution in [0.25, 0.3) is 11.4 Å². The average Bonchev–Trinajstić information content (AvgIpc) is 2.21. The standard InChI is InChI=1S/C10H8N2.2Fe/c1-3-7-11-9(5-1)10-6-2-4-8-12-10;;/h1-8H;;/q;2*+2. The third-order valence-corrected chi connectivity index (χ3v) is 1.59. The average molecular weight is 268 g/mol. The minimum atomic E-state index is 0. The Labute approximate surface area is 104 Å². The Morgan fingerprint density at radius 3 is 1.36 bits per heavy atom. The Bertz CT molecular complexity index is 314. The summed E-state index contributed by atoms with van der Waals surface area (Å²) in [6.07, 6.45) is 3.54. The van der Waals surface area contributed by atoms with Crippen LogP contribution in [0, 0.1) is 0 Å². The number of hydrogen-bond acceptors (Lipinski definition) is 2. The van der Waals surface area contributed by atoms with Crippen LogP contribution in [0.4, 0.5) is 0 Å². The Morgan fingerprint density at radius 2 is 1.07 bits per heavy atom. The van der Waals surface area contributed by atoms with Crippen LogP contribution in [0.15, 0.2) is 48.8 Å². The van der Waals surface area contributed by atoms with Crippen molar-refractivity contribution in [3.8, 4) is 11.4 Å². The molecule has 0 unspecified atom stereocenters. The van der Waals surface area contributed by atoms with Gasteiger partial charge in [0.15, 0.2) is 0 Å². The number of aromatic nitrogens is 2. The molecule has 0 fully saturated rings. The quantitative estimate of drug-likeness (QED) is 0.740. The molecule has 2 heterocycles. The van der Waals surface area contributed by atoms with Crippen LogP contribution >= 0.6 is 0 Å². The molecule has 70 valence electrons. The molecule has 2 aromatic rings. The van der Waals surface area contributed by atoms with Crippen molar-refractivity contribution in [1.29, 1.82) is 0 Å².